The molecule has 1 heterocycles. The van der Waals surface area contributed by atoms with E-state index < -0.39 is 14.2 Å². The van der Waals surface area contributed by atoms with Gasteiger partial charge in [0.2, 0.25) is 0 Å². The van der Waals surface area contributed by atoms with E-state index in [1.807, 2.05) is 30.3 Å². The molecule has 130 valence electrons. The topological polar surface area (TPSA) is 77.5 Å². The van der Waals surface area contributed by atoms with Crippen molar-refractivity contribution in [1.82, 2.24) is 5.43 Å². The number of benzene rings is 1. The molecule has 5 nitrogen and oxygen atoms in total. The molecular weight excluding hydrogens is 320 g/mol. The van der Waals surface area contributed by atoms with Gasteiger partial charge in [0.15, 0.2) is 14.1 Å². The molecule has 0 aliphatic carbocycles. The van der Waals surface area contributed by atoms with Crippen LogP contribution in [0.1, 0.15) is 36.9 Å². The second-order valence-corrected chi connectivity index (χ2v) is 12.2. The number of hydrogen-bond acceptors (Lipinski definition) is 4. The number of furan rings is 1. The van der Waals surface area contributed by atoms with Crippen LogP contribution < -0.4 is 11.3 Å². The summed E-state index contributed by atoms with van der Waals surface area (Å²) in [7, 11) is -1.96. The van der Waals surface area contributed by atoms with Crippen LogP contribution in [0, 0.1) is 0 Å². The van der Waals surface area contributed by atoms with Crippen molar-refractivity contribution in [3.05, 3.63) is 47.9 Å². The molecule has 6 heteroatoms. The summed E-state index contributed by atoms with van der Waals surface area (Å²) in [4.78, 5) is 12.0. The average Bonchev–Trinajstić information content (AvgIpc) is 2.96. The monoisotopic (exact) mass is 346 g/mol. The molecule has 1 aromatic heterocycles. The second kappa shape index (κ2) is 6.92. The summed E-state index contributed by atoms with van der Waals surface area (Å²) in [6.07, 6.45) is 1.59. The highest BCUT2D eigenvalue weighted by Gasteiger charge is 2.37. The van der Waals surface area contributed by atoms with E-state index in [2.05, 4.69) is 39.3 Å². The van der Waals surface area contributed by atoms with Gasteiger partial charge in [0.1, 0.15) is 0 Å². The number of hydrazine groups is 1. The molecule has 3 N–H and O–H groups in total. The van der Waals surface area contributed by atoms with E-state index >= 15 is 0 Å². The first-order valence-corrected chi connectivity index (χ1v) is 10.9. The number of nitrogens with one attached hydrogen (secondary N) is 1. The van der Waals surface area contributed by atoms with E-state index in [9.17, 15) is 4.79 Å². The van der Waals surface area contributed by atoms with E-state index in [0.29, 0.717) is 6.61 Å². The molecule has 1 amide bonds. The zero-order chi connectivity index (χ0) is 18.0. The van der Waals surface area contributed by atoms with Crippen LogP contribution in [-0.4, -0.2) is 14.2 Å². The van der Waals surface area contributed by atoms with Gasteiger partial charge in [0, 0.05) is 11.1 Å². The van der Waals surface area contributed by atoms with Gasteiger partial charge in [0.25, 0.3) is 0 Å². The minimum atomic E-state index is -1.96. The molecule has 24 heavy (non-hydrogen) atoms. The first-order valence-electron chi connectivity index (χ1n) is 7.98. The van der Waals surface area contributed by atoms with Crippen LogP contribution in [0.15, 0.2) is 41.0 Å². The largest absolute Gasteiger partial charge is 0.458 e. The van der Waals surface area contributed by atoms with Crippen LogP contribution in [0.4, 0.5) is 0 Å². The van der Waals surface area contributed by atoms with Crippen LogP contribution in [0.25, 0.3) is 11.1 Å². The highest BCUT2D eigenvalue weighted by molar-refractivity contribution is 6.74. The third-order valence-corrected chi connectivity index (χ3v) is 9.18. The Balaban J connectivity index is 2.39. The summed E-state index contributed by atoms with van der Waals surface area (Å²) >= 11 is 0. The standard InChI is InChI=1S/C18H26N2O3Si/c1-18(2,3)24(4,5)23-12-15-14(13-9-7-6-8-10-13)11-22-16(15)17(21)20-19/h6-11H,12,19H2,1-5H3,(H,20,21). The van der Waals surface area contributed by atoms with Gasteiger partial charge in [-0.05, 0) is 23.7 Å². The molecule has 1 aromatic carbocycles. The molecule has 0 saturated heterocycles. The minimum Gasteiger partial charge on any atom is -0.458 e. The van der Waals surface area contributed by atoms with E-state index in [1.54, 1.807) is 6.26 Å². The van der Waals surface area contributed by atoms with Gasteiger partial charge in [-0.1, -0.05) is 51.1 Å². The smallest absolute Gasteiger partial charge is 0.301 e. The Morgan fingerprint density at radius 2 is 1.88 bits per heavy atom. The molecule has 0 atom stereocenters. The van der Waals surface area contributed by atoms with Gasteiger partial charge in [0.05, 0.1) is 12.9 Å². The van der Waals surface area contributed by atoms with Crippen LogP contribution in [-0.2, 0) is 11.0 Å². The second-order valence-electron chi connectivity index (χ2n) is 7.35. The molecule has 2 rings (SSSR count). The molecule has 0 bridgehead atoms. The summed E-state index contributed by atoms with van der Waals surface area (Å²) in [5.74, 6) is 5.03. The first kappa shape index (κ1) is 18.4. The van der Waals surface area contributed by atoms with Crippen molar-refractivity contribution >= 4 is 14.2 Å². The average molecular weight is 347 g/mol. The Morgan fingerprint density at radius 3 is 2.42 bits per heavy atom. The summed E-state index contributed by atoms with van der Waals surface area (Å²) in [5, 5.41) is 0.0833. The van der Waals surface area contributed by atoms with Gasteiger partial charge in [-0.25, -0.2) is 5.84 Å². The van der Waals surface area contributed by atoms with Gasteiger partial charge >= 0.3 is 5.91 Å². The van der Waals surface area contributed by atoms with Crippen molar-refractivity contribution in [3.8, 4) is 11.1 Å². The maximum absolute atomic E-state index is 12.0. The van der Waals surface area contributed by atoms with Gasteiger partial charge in [-0.3, -0.25) is 10.2 Å². The summed E-state index contributed by atoms with van der Waals surface area (Å²) in [6, 6.07) is 9.80. The van der Waals surface area contributed by atoms with Gasteiger partial charge < -0.3 is 8.84 Å². The number of hydrogen-bond donors (Lipinski definition) is 2. The predicted octanol–water partition coefficient (Wildman–Crippen LogP) is 4.07. The Hall–Kier alpha value is -1.89. The van der Waals surface area contributed by atoms with E-state index in [4.69, 9.17) is 14.7 Å². The molecule has 2 aromatic rings. The first-order chi connectivity index (χ1) is 11.2. The van der Waals surface area contributed by atoms with Crippen molar-refractivity contribution in [3.63, 3.8) is 0 Å². The Labute approximate surface area is 144 Å². The van der Waals surface area contributed by atoms with E-state index in [-0.39, 0.29) is 10.8 Å². The third kappa shape index (κ3) is 3.77. The molecule has 0 unspecified atom stereocenters. The molecule has 0 radical (unpaired) electrons. The quantitative estimate of drug-likeness (QED) is 0.370. The van der Waals surface area contributed by atoms with Crippen molar-refractivity contribution in [2.75, 3.05) is 0 Å². The molecular formula is C18H26N2O3Si. The normalized spacial score (nSPS) is 12.2. The van der Waals surface area contributed by atoms with Crippen molar-refractivity contribution in [2.45, 2.75) is 45.5 Å². The summed E-state index contributed by atoms with van der Waals surface area (Å²) in [5.41, 5.74) is 4.70. The van der Waals surface area contributed by atoms with Crippen LogP contribution in [0.5, 0.6) is 0 Å². The van der Waals surface area contributed by atoms with Crippen LogP contribution >= 0.6 is 0 Å². The maximum Gasteiger partial charge on any atom is 0.301 e. The van der Waals surface area contributed by atoms with Crippen molar-refractivity contribution in [2.24, 2.45) is 5.84 Å². The lowest BCUT2D eigenvalue weighted by Gasteiger charge is -2.36. The van der Waals surface area contributed by atoms with Crippen LogP contribution in [0.3, 0.4) is 0 Å². The lowest BCUT2D eigenvalue weighted by atomic mass is 10.0. The SMILES string of the molecule is CC(C)(C)[Si](C)(C)OCc1c(-c2ccccc2)coc1C(=O)NN. The van der Waals surface area contributed by atoms with Crippen molar-refractivity contribution in [1.29, 1.82) is 0 Å². The minimum absolute atomic E-state index is 0.0833. The molecule has 0 spiro atoms. The Bertz CT molecular complexity index is 703. The Morgan fingerprint density at radius 1 is 1.25 bits per heavy atom. The number of amides is 1. The summed E-state index contributed by atoms with van der Waals surface area (Å²) in [6.45, 7) is 11.2. The number of nitrogens with two attached hydrogens (primary N) is 1. The fourth-order valence-corrected chi connectivity index (χ4v) is 3.05. The number of nitrogen functional groups attached to an aromatic ring is 1. The third-order valence-electron chi connectivity index (χ3n) is 4.70. The molecule has 0 fully saturated rings. The highest BCUT2D eigenvalue weighted by Crippen LogP contribution is 2.38. The zero-order valence-corrected chi connectivity index (χ0v) is 16.0. The number of carbonyl (C=O) groups excluding carboxylic acids is 1. The van der Waals surface area contributed by atoms with E-state index in [1.165, 1.54) is 0 Å². The molecule has 0 saturated carbocycles. The number of rotatable bonds is 5. The fourth-order valence-electron chi connectivity index (χ4n) is 2.11. The summed E-state index contributed by atoms with van der Waals surface area (Å²) < 4.78 is 11.8. The van der Waals surface area contributed by atoms with Gasteiger partial charge in [-0.2, -0.15) is 0 Å². The Kier molecular flexibility index (Phi) is 5.32. The highest BCUT2D eigenvalue weighted by atomic mass is 28.4. The number of carbonyl (C=O) groups is 1. The maximum atomic E-state index is 12.0. The lowest BCUT2D eigenvalue weighted by molar-refractivity contribution is 0.0922. The van der Waals surface area contributed by atoms with E-state index in [0.717, 1.165) is 16.7 Å². The van der Waals surface area contributed by atoms with Crippen molar-refractivity contribution < 1.29 is 13.6 Å². The molecule has 0 aliphatic rings. The molecule has 0 aliphatic heterocycles. The zero-order valence-electron chi connectivity index (χ0n) is 15.0. The lowest BCUT2D eigenvalue weighted by Crippen LogP contribution is -2.40. The van der Waals surface area contributed by atoms with Gasteiger partial charge in [-0.15, -0.1) is 0 Å². The predicted molar refractivity (Wildman–Crippen MR) is 97.8 cm³/mol. The van der Waals surface area contributed by atoms with Crippen LogP contribution in [0.2, 0.25) is 18.1 Å². The fraction of sp³-hybridized carbons (Fsp3) is 0.389.